The Balaban J connectivity index is 2.13. The van der Waals surface area contributed by atoms with E-state index in [-0.39, 0.29) is 16.1 Å². The predicted molar refractivity (Wildman–Crippen MR) is 76.6 cm³/mol. The van der Waals surface area contributed by atoms with Gasteiger partial charge in [-0.1, -0.05) is 19.3 Å². The minimum absolute atomic E-state index is 0.102. The van der Waals surface area contributed by atoms with Gasteiger partial charge in [-0.3, -0.25) is 0 Å². The molecule has 0 radical (unpaired) electrons. The Bertz CT molecular complexity index is 632. The lowest BCUT2D eigenvalue weighted by atomic mass is 9.85. The summed E-state index contributed by atoms with van der Waals surface area (Å²) in [5.74, 6) is -1.83. The largest absolute Gasteiger partial charge is 0.475 e. The number of sulfonamides is 1. The molecule has 0 atom stereocenters. The molecule has 0 aliphatic heterocycles. The van der Waals surface area contributed by atoms with E-state index in [1.54, 1.807) is 0 Å². The number of hydrogen-bond donors (Lipinski definition) is 3. The topological polar surface area (TPSA) is 117 Å². The van der Waals surface area contributed by atoms with Gasteiger partial charge in [0.05, 0.1) is 5.60 Å². The van der Waals surface area contributed by atoms with Crippen molar-refractivity contribution in [2.24, 2.45) is 0 Å². The van der Waals surface area contributed by atoms with E-state index in [9.17, 15) is 18.3 Å². The Morgan fingerprint density at radius 3 is 2.52 bits per heavy atom. The highest BCUT2D eigenvalue weighted by atomic mass is 79.9. The van der Waals surface area contributed by atoms with Gasteiger partial charge in [0.1, 0.15) is 4.90 Å². The summed E-state index contributed by atoms with van der Waals surface area (Å²) in [7, 11) is -3.96. The van der Waals surface area contributed by atoms with Crippen molar-refractivity contribution in [3.63, 3.8) is 0 Å². The smallest absolute Gasteiger partial charge is 0.371 e. The van der Waals surface area contributed by atoms with Crippen molar-refractivity contribution in [2.75, 3.05) is 6.54 Å². The van der Waals surface area contributed by atoms with Crippen LogP contribution in [0.2, 0.25) is 0 Å². The van der Waals surface area contributed by atoms with Crippen LogP contribution in [0, 0.1) is 0 Å². The van der Waals surface area contributed by atoms with Gasteiger partial charge in [0.15, 0.2) is 4.67 Å². The second kappa shape index (κ2) is 6.07. The second-order valence-corrected chi connectivity index (χ2v) is 7.62. The standard InChI is InChI=1S/C12H16BrNO6S/c13-10-9(6-8(20-10)11(15)16)21(18,19)14-7-12(17)4-2-1-3-5-12/h6,14,17H,1-5,7H2,(H,15,16). The van der Waals surface area contributed by atoms with Gasteiger partial charge >= 0.3 is 5.97 Å². The van der Waals surface area contributed by atoms with E-state index in [2.05, 4.69) is 20.7 Å². The third-order valence-electron chi connectivity index (χ3n) is 3.53. The fourth-order valence-electron chi connectivity index (χ4n) is 2.33. The van der Waals surface area contributed by atoms with Gasteiger partial charge in [-0.05, 0) is 28.8 Å². The molecule has 2 rings (SSSR count). The third-order valence-corrected chi connectivity index (χ3v) is 5.79. The summed E-state index contributed by atoms with van der Waals surface area (Å²) < 4.78 is 31.3. The fourth-order valence-corrected chi connectivity index (χ4v) is 4.39. The Morgan fingerprint density at radius 1 is 1.38 bits per heavy atom. The highest BCUT2D eigenvalue weighted by molar-refractivity contribution is 9.10. The molecule has 1 fully saturated rings. The van der Waals surface area contributed by atoms with Crippen LogP contribution in [-0.4, -0.2) is 36.7 Å². The monoisotopic (exact) mass is 381 g/mol. The summed E-state index contributed by atoms with van der Waals surface area (Å²) in [6, 6.07) is 0.930. The van der Waals surface area contributed by atoms with Gasteiger partial charge in [0.2, 0.25) is 15.8 Å². The number of hydrogen-bond acceptors (Lipinski definition) is 5. The van der Waals surface area contributed by atoms with Crippen molar-refractivity contribution in [3.8, 4) is 0 Å². The summed E-state index contributed by atoms with van der Waals surface area (Å²) in [6.07, 6.45) is 3.84. The number of halogens is 1. The van der Waals surface area contributed by atoms with Crippen molar-refractivity contribution in [2.45, 2.75) is 42.6 Å². The second-order valence-electron chi connectivity index (χ2n) is 5.16. The van der Waals surface area contributed by atoms with Crippen molar-refractivity contribution in [3.05, 3.63) is 16.5 Å². The lowest BCUT2D eigenvalue weighted by molar-refractivity contribution is 0.00944. The molecule has 21 heavy (non-hydrogen) atoms. The highest BCUT2D eigenvalue weighted by Gasteiger charge is 2.32. The van der Waals surface area contributed by atoms with Crippen LogP contribution in [0.15, 0.2) is 20.0 Å². The normalized spacial score (nSPS) is 18.6. The Labute approximate surface area is 130 Å². The molecular formula is C12H16BrNO6S. The quantitative estimate of drug-likeness (QED) is 0.714. The third kappa shape index (κ3) is 3.85. The van der Waals surface area contributed by atoms with Gasteiger partial charge in [-0.15, -0.1) is 0 Å². The molecule has 0 amide bonds. The number of carboxylic acid groups (broad SMARTS) is 1. The maximum Gasteiger partial charge on any atom is 0.371 e. The van der Waals surface area contributed by atoms with Crippen LogP contribution in [0.1, 0.15) is 42.7 Å². The minimum Gasteiger partial charge on any atom is -0.475 e. The van der Waals surface area contributed by atoms with Gasteiger partial charge in [0.25, 0.3) is 0 Å². The molecule has 9 heteroatoms. The summed E-state index contributed by atoms with van der Waals surface area (Å²) in [4.78, 5) is 10.5. The molecule has 1 aliphatic rings. The van der Waals surface area contributed by atoms with Crippen molar-refractivity contribution in [1.29, 1.82) is 0 Å². The first-order valence-corrected chi connectivity index (χ1v) is 8.76. The van der Waals surface area contributed by atoms with Crippen molar-refractivity contribution < 1.29 is 27.8 Å². The molecule has 1 aliphatic carbocycles. The van der Waals surface area contributed by atoms with Gasteiger partial charge in [-0.25, -0.2) is 17.9 Å². The number of rotatable bonds is 5. The average Bonchev–Trinajstić information content (AvgIpc) is 2.81. The SMILES string of the molecule is O=C(O)c1cc(S(=O)(=O)NCC2(O)CCCCC2)c(Br)o1. The summed E-state index contributed by atoms with van der Waals surface area (Å²) in [6.45, 7) is -0.102. The van der Waals surface area contributed by atoms with Gasteiger partial charge in [0, 0.05) is 12.6 Å². The molecule has 1 saturated carbocycles. The maximum atomic E-state index is 12.2. The lowest BCUT2D eigenvalue weighted by Crippen LogP contribution is -2.44. The Hall–Kier alpha value is -0.900. The Morgan fingerprint density at radius 2 is 2.00 bits per heavy atom. The molecule has 0 bridgehead atoms. The molecule has 0 aromatic carbocycles. The van der Waals surface area contributed by atoms with E-state index < -0.39 is 27.4 Å². The molecule has 7 nitrogen and oxygen atoms in total. The molecule has 1 aromatic rings. The summed E-state index contributed by atoms with van der Waals surface area (Å²) in [5.41, 5.74) is -1.04. The first kappa shape index (κ1) is 16.5. The van der Waals surface area contributed by atoms with Crippen LogP contribution in [0.25, 0.3) is 0 Å². The minimum atomic E-state index is -3.96. The van der Waals surface area contributed by atoms with Crippen molar-refractivity contribution >= 4 is 31.9 Å². The maximum absolute atomic E-state index is 12.2. The number of carbonyl (C=O) groups is 1. The molecule has 0 unspecified atom stereocenters. The molecule has 1 aromatic heterocycles. The van der Waals surface area contributed by atoms with E-state index in [0.717, 1.165) is 25.3 Å². The number of carboxylic acids is 1. The van der Waals surface area contributed by atoms with Crippen LogP contribution >= 0.6 is 15.9 Å². The number of nitrogens with one attached hydrogen (secondary N) is 1. The highest BCUT2D eigenvalue weighted by Crippen LogP contribution is 2.29. The summed E-state index contributed by atoms with van der Waals surface area (Å²) >= 11 is 2.89. The van der Waals surface area contributed by atoms with E-state index in [1.165, 1.54) is 0 Å². The average molecular weight is 382 g/mol. The number of aromatic carboxylic acids is 1. The molecule has 1 heterocycles. The summed E-state index contributed by atoms with van der Waals surface area (Å²) in [5, 5.41) is 19.1. The first-order chi connectivity index (χ1) is 9.73. The molecule has 118 valence electrons. The Kier molecular flexibility index (Phi) is 4.76. The van der Waals surface area contributed by atoms with Gasteiger partial charge < -0.3 is 14.6 Å². The van der Waals surface area contributed by atoms with E-state index >= 15 is 0 Å². The first-order valence-electron chi connectivity index (χ1n) is 6.48. The lowest BCUT2D eigenvalue weighted by Gasteiger charge is -2.31. The molecular weight excluding hydrogens is 366 g/mol. The van der Waals surface area contributed by atoms with Crippen LogP contribution in [0.5, 0.6) is 0 Å². The van der Waals surface area contributed by atoms with Crippen LogP contribution in [0.3, 0.4) is 0 Å². The number of aliphatic hydroxyl groups is 1. The fraction of sp³-hybridized carbons (Fsp3) is 0.583. The van der Waals surface area contributed by atoms with Gasteiger partial charge in [-0.2, -0.15) is 0 Å². The molecule has 3 N–H and O–H groups in total. The predicted octanol–water partition coefficient (Wildman–Crippen LogP) is 1.71. The zero-order valence-corrected chi connectivity index (χ0v) is 13.5. The van der Waals surface area contributed by atoms with E-state index in [4.69, 9.17) is 9.52 Å². The van der Waals surface area contributed by atoms with Crippen molar-refractivity contribution in [1.82, 2.24) is 4.72 Å². The van der Waals surface area contributed by atoms with E-state index in [1.807, 2.05) is 0 Å². The van der Waals surface area contributed by atoms with E-state index in [0.29, 0.717) is 12.8 Å². The zero-order chi connectivity index (χ0) is 15.7. The van der Waals surface area contributed by atoms with Crippen LogP contribution < -0.4 is 4.72 Å². The molecule has 0 saturated heterocycles. The van der Waals surface area contributed by atoms with Crippen LogP contribution in [-0.2, 0) is 10.0 Å². The molecule has 0 spiro atoms. The number of furan rings is 1. The van der Waals surface area contributed by atoms with Crippen LogP contribution in [0.4, 0.5) is 0 Å². The zero-order valence-electron chi connectivity index (χ0n) is 11.1.